The van der Waals surface area contributed by atoms with Crippen molar-refractivity contribution in [1.82, 2.24) is 0 Å². The Kier molecular flexibility index (Phi) is 11.0. The monoisotopic (exact) mass is 518 g/mol. The van der Waals surface area contributed by atoms with Gasteiger partial charge in [-0.15, -0.1) is 0 Å². The summed E-state index contributed by atoms with van der Waals surface area (Å²) in [6.07, 6.45) is 21.5. The minimum absolute atomic E-state index is 0.0129. The first-order valence-corrected chi connectivity index (χ1v) is 17.9. The SMILES string of the molecule is O=P(CCP(=O)(OC1CCCCC1)OC1CCCCC1)(OC1CCCCC1)OC1CCCCC1. The molecule has 0 radical (unpaired) electrons. The molecule has 0 aromatic rings. The third kappa shape index (κ3) is 9.00. The molecule has 4 aliphatic rings. The van der Waals surface area contributed by atoms with E-state index >= 15 is 0 Å². The molecule has 0 aromatic carbocycles. The molecule has 0 N–H and O–H groups in total. The van der Waals surface area contributed by atoms with Crippen LogP contribution in [0.1, 0.15) is 128 Å². The predicted molar refractivity (Wildman–Crippen MR) is 137 cm³/mol. The van der Waals surface area contributed by atoms with Crippen molar-refractivity contribution in [2.24, 2.45) is 0 Å². The van der Waals surface area contributed by atoms with Crippen LogP contribution < -0.4 is 0 Å². The van der Waals surface area contributed by atoms with E-state index in [0.29, 0.717) is 0 Å². The number of hydrogen-bond acceptors (Lipinski definition) is 6. The molecule has 0 saturated heterocycles. The molecule has 6 nitrogen and oxygen atoms in total. The van der Waals surface area contributed by atoms with E-state index in [4.69, 9.17) is 18.1 Å². The molecule has 0 heterocycles. The van der Waals surface area contributed by atoms with Gasteiger partial charge in [0.05, 0.1) is 36.7 Å². The summed E-state index contributed by atoms with van der Waals surface area (Å²) in [6.45, 7) is 0. The molecule has 0 unspecified atom stereocenters. The summed E-state index contributed by atoms with van der Waals surface area (Å²) in [5.41, 5.74) is 0. The minimum atomic E-state index is -3.39. The molecule has 4 rings (SSSR count). The van der Waals surface area contributed by atoms with Gasteiger partial charge in [0.25, 0.3) is 0 Å². The fourth-order valence-corrected chi connectivity index (χ4v) is 11.2. The predicted octanol–water partition coefficient (Wildman–Crippen LogP) is 8.77. The fraction of sp³-hybridized carbons (Fsp3) is 1.00. The van der Waals surface area contributed by atoms with E-state index in [-0.39, 0.29) is 36.7 Å². The number of hydrogen-bond donors (Lipinski definition) is 0. The lowest BCUT2D eigenvalue weighted by molar-refractivity contribution is 0.0737. The Morgan fingerprint density at radius 3 is 0.794 bits per heavy atom. The highest BCUT2D eigenvalue weighted by Gasteiger charge is 2.39. The van der Waals surface area contributed by atoms with Gasteiger partial charge in [-0.25, -0.2) is 0 Å². The summed E-state index contributed by atoms with van der Waals surface area (Å²) >= 11 is 0. The highest BCUT2D eigenvalue weighted by atomic mass is 31.2. The molecule has 0 atom stereocenters. The highest BCUT2D eigenvalue weighted by Crippen LogP contribution is 2.60. The Hall–Kier alpha value is 0.300. The molecular weight excluding hydrogens is 470 g/mol. The van der Waals surface area contributed by atoms with E-state index in [1.807, 2.05) is 0 Å². The molecule has 0 spiro atoms. The van der Waals surface area contributed by atoms with Crippen molar-refractivity contribution in [3.63, 3.8) is 0 Å². The van der Waals surface area contributed by atoms with Crippen LogP contribution in [0.15, 0.2) is 0 Å². The van der Waals surface area contributed by atoms with Gasteiger partial charge in [-0.3, -0.25) is 9.13 Å². The molecule has 0 aliphatic heterocycles. The second-order valence-corrected chi connectivity index (χ2v) is 15.3. The van der Waals surface area contributed by atoms with Gasteiger partial charge in [0, 0.05) is 0 Å². The van der Waals surface area contributed by atoms with Crippen LogP contribution >= 0.6 is 15.2 Å². The summed E-state index contributed by atoms with van der Waals surface area (Å²) in [5, 5.41) is 0. The van der Waals surface area contributed by atoms with Crippen LogP contribution in [-0.2, 0) is 27.2 Å². The average Bonchev–Trinajstić information content (AvgIpc) is 2.85. The Morgan fingerprint density at radius 1 is 0.382 bits per heavy atom. The summed E-state index contributed by atoms with van der Waals surface area (Å²) in [6, 6.07) is 0. The van der Waals surface area contributed by atoms with Crippen molar-refractivity contribution in [3.05, 3.63) is 0 Å². The van der Waals surface area contributed by atoms with Crippen molar-refractivity contribution in [3.8, 4) is 0 Å². The average molecular weight is 519 g/mol. The Morgan fingerprint density at radius 2 is 0.588 bits per heavy atom. The van der Waals surface area contributed by atoms with Gasteiger partial charge in [0.2, 0.25) is 0 Å². The van der Waals surface area contributed by atoms with Gasteiger partial charge in [0.15, 0.2) is 0 Å². The normalized spacial score (nSPS) is 25.5. The van der Waals surface area contributed by atoms with Crippen LogP contribution in [0.5, 0.6) is 0 Å². The zero-order valence-corrected chi connectivity index (χ0v) is 23.0. The van der Waals surface area contributed by atoms with Crippen molar-refractivity contribution in [2.45, 2.75) is 153 Å². The van der Waals surface area contributed by atoms with Gasteiger partial charge in [-0.2, -0.15) is 0 Å². The zero-order valence-electron chi connectivity index (χ0n) is 21.2. The van der Waals surface area contributed by atoms with Crippen LogP contribution in [0.2, 0.25) is 0 Å². The van der Waals surface area contributed by atoms with E-state index < -0.39 is 15.2 Å². The van der Waals surface area contributed by atoms with E-state index in [2.05, 4.69) is 0 Å². The van der Waals surface area contributed by atoms with Crippen LogP contribution in [0.3, 0.4) is 0 Å². The molecule has 198 valence electrons. The van der Waals surface area contributed by atoms with E-state index in [1.165, 1.54) is 25.7 Å². The van der Waals surface area contributed by atoms with E-state index in [0.717, 1.165) is 103 Å². The zero-order chi connectivity index (χ0) is 23.7. The smallest absolute Gasteiger partial charge is 0.305 e. The van der Waals surface area contributed by atoms with Gasteiger partial charge in [0.1, 0.15) is 0 Å². The number of rotatable bonds is 11. The van der Waals surface area contributed by atoms with Crippen molar-refractivity contribution in [2.75, 3.05) is 12.3 Å². The summed E-state index contributed by atoms with van der Waals surface area (Å²) in [5.74, 6) is 0. The Balaban J connectivity index is 1.43. The highest BCUT2D eigenvalue weighted by molar-refractivity contribution is 7.58. The first-order chi connectivity index (χ1) is 16.5. The summed E-state index contributed by atoms with van der Waals surface area (Å²) in [4.78, 5) is 0. The van der Waals surface area contributed by atoms with Gasteiger partial charge >= 0.3 is 15.2 Å². The van der Waals surface area contributed by atoms with Crippen molar-refractivity contribution < 1.29 is 27.2 Å². The molecule has 4 aliphatic carbocycles. The first kappa shape index (κ1) is 27.3. The van der Waals surface area contributed by atoms with Gasteiger partial charge in [-0.1, -0.05) is 77.0 Å². The lowest BCUT2D eigenvalue weighted by Gasteiger charge is -2.34. The fourth-order valence-electron chi connectivity index (χ4n) is 6.10. The first-order valence-electron chi connectivity index (χ1n) is 14.4. The minimum Gasteiger partial charge on any atom is -0.305 e. The second-order valence-electron chi connectivity index (χ2n) is 11.1. The molecule has 0 aromatic heterocycles. The van der Waals surface area contributed by atoms with Crippen molar-refractivity contribution in [1.29, 1.82) is 0 Å². The maximum atomic E-state index is 14.1. The van der Waals surface area contributed by atoms with Crippen molar-refractivity contribution >= 4 is 15.2 Å². The molecule has 0 bridgehead atoms. The molecule has 8 heteroatoms. The lowest BCUT2D eigenvalue weighted by Crippen LogP contribution is -2.24. The lowest BCUT2D eigenvalue weighted by atomic mass is 9.98. The van der Waals surface area contributed by atoms with Gasteiger partial charge in [-0.05, 0) is 51.4 Å². The van der Waals surface area contributed by atoms with Crippen LogP contribution in [0.4, 0.5) is 0 Å². The Bertz CT molecular complexity index is 571. The maximum absolute atomic E-state index is 14.1. The topological polar surface area (TPSA) is 71.1 Å². The third-order valence-electron chi connectivity index (χ3n) is 8.10. The third-order valence-corrected chi connectivity index (χ3v) is 12.5. The van der Waals surface area contributed by atoms with E-state index in [9.17, 15) is 9.13 Å². The van der Waals surface area contributed by atoms with E-state index in [1.54, 1.807) is 0 Å². The van der Waals surface area contributed by atoms with Gasteiger partial charge < -0.3 is 18.1 Å². The van der Waals surface area contributed by atoms with Crippen LogP contribution in [-0.4, -0.2) is 36.7 Å². The second kappa shape index (κ2) is 13.7. The summed E-state index contributed by atoms with van der Waals surface area (Å²) < 4.78 is 53.2. The molecule has 0 amide bonds. The molecule has 4 fully saturated rings. The quantitative estimate of drug-likeness (QED) is 0.255. The Labute approximate surface area is 207 Å². The summed E-state index contributed by atoms with van der Waals surface area (Å²) in [7, 11) is -6.78. The van der Waals surface area contributed by atoms with Crippen LogP contribution in [0.25, 0.3) is 0 Å². The largest absolute Gasteiger partial charge is 0.331 e. The molecular formula is C26H48O6P2. The molecule has 4 saturated carbocycles. The van der Waals surface area contributed by atoms with Crippen LogP contribution in [0, 0.1) is 0 Å². The maximum Gasteiger partial charge on any atom is 0.331 e. The standard InChI is InChI=1S/C26H48O6P2/c27-33(29-23-13-5-1-6-14-23,30-24-15-7-2-8-16-24)21-22-34(28,31-25-17-9-3-10-18-25)32-26-19-11-4-12-20-26/h23-26H,1-22H2. The molecule has 34 heavy (non-hydrogen) atoms.